The maximum Gasteiger partial charge on any atom is 0.338 e. The third kappa shape index (κ3) is 5.27. The molecule has 0 spiro atoms. The maximum absolute atomic E-state index is 11.8. The molecule has 0 saturated heterocycles. The highest BCUT2D eigenvalue weighted by Gasteiger charge is 2.12. The quantitative estimate of drug-likeness (QED) is 0.569. The van der Waals surface area contributed by atoms with Crippen molar-refractivity contribution in [2.24, 2.45) is 0 Å². The Hall–Kier alpha value is -1.75. The first-order valence-corrected chi connectivity index (χ1v) is 7.57. The van der Waals surface area contributed by atoms with Crippen LogP contribution in [0, 0.1) is 0 Å². The third-order valence-corrected chi connectivity index (χ3v) is 3.39. The summed E-state index contributed by atoms with van der Waals surface area (Å²) in [5, 5.41) is 3.37. The van der Waals surface area contributed by atoms with Crippen LogP contribution < -0.4 is 11.1 Å². The number of likely N-dealkylation sites (N-methyl/N-ethyl adjacent to an activating group) is 1. The average molecular weight is 293 g/mol. The lowest BCUT2D eigenvalue weighted by atomic mass is 10.1. The lowest BCUT2D eigenvalue weighted by molar-refractivity contribution is 0.0526. The normalized spacial score (nSPS) is 12.2. The fraction of sp³-hybridized carbons (Fsp3) is 0.562. The highest BCUT2D eigenvalue weighted by Crippen LogP contribution is 2.21. The van der Waals surface area contributed by atoms with Crippen molar-refractivity contribution in [3.63, 3.8) is 0 Å². The van der Waals surface area contributed by atoms with Gasteiger partial charge in [0.2, 0.25) is 0 Å². The van der Waals surface area contributed by atoms with E-state index in [0.717, 1.165) is 25.3 Å². The predicted octanol–water partition coefficient (Wildman–Crippen LogP) is 2.59. The van der Waals surface area contributed by atoms with Crippen molar-refractivity contribution >= 4 is 17.3 Å². The molecule has 3 N–H and O–H groups in total. The summed E-state index contributed by atoms with van der Waals surface area (Å²) >= 11 is 0. The zero-order chi connectivity index (χ0) is 15.8. The topological polar surface area (TPSA) is 67.6 Å². The van der Waals surface area contributed by atoms with Crippen molar-refractivity contribution in [1.29, 1.82) is 0 Å². The summed E-state index contributed by atoms with van der Waals surface area (Å²) in [6.07, 6.45) is 0. The minimum atomic E-state index is -0.322. The highest BCUT2D eigenvalue weighted by atomic mass is 16.5. The van der Waals surface area contributed by atoms with Gasteiger partial charge in [-0.25, -0.2) is 4.79 Å². The molecule has 0 radical (unpaired) electrons. The summed E-state index contributed by atoms with van der Waals surface area (Å²) in [6, 6.07) is 5.42. The van der Waals surface area contributed by atoms with Crippen LogP contribution in [0.3, 0.4) is 0 Å². The van der Waals surface area contributed by atoms with Gasteiger partial charge < -0.3 is 20.7 Å². The molecule has 0 fully saturated rings. The summed E-state index contributed by atoms with van der Waals surface area (Å²) in [5.74, 6) is -0.322. The number of carbonyl (C=O) groups excluding carboxylic acids is 1. The molecule has 21 heavy (non-hydrogen) atoms. The summed E-state index contributed by atoms with van der Waals surface area (Å²) in [7, 11) is 0. The maximum atomic E-state index is 11.8. The number of hydrogen-bond acceptors (Lipinski definition) is 5. The molecule has 1 aromatic carbocycles. The largest absolute Gasteiger partial charge is 0.462 e. The van der Waals surface area contributed by atoms with Gasteiger partial charge in [0.25, 0.3) is 0 Å². The van der Waals surface area contributed by atoms with Gasteiger partial charge in [0, 0.05) is 12.6 Å². The van der Waals surface area contributed by atoms with Crippen LogP contribution in [0.25, 0.3) is 0 Å². The molecule has 0 bridgehead atoms. The van der Waals surface area contributed by atoms with E-state index in [1.54, 1.807) is 25.1 Å². The number of carbonyl (C=O) groups is 1. The van der Waals surface area contributed by atoms with E-state index < -0.39 is 0 Å². The molecule has 1 atom stereocenters. The highest BCUT2D eigenvalue weighted by molar-refractivity contribution is 5.92. The summed E-state index contributed by atoms with van der Waals surface area (Å²) in [6.45, 7) is 11.5. The number of nitrogen functional groups attached to an aromatic ring is 1. The van der Waals surface area contributed by atoms with Crippen LogP contribution in [0.15, 0.2) is 18.2 Å². The predicted molar refractivity (Wildman–Crippen MR) is 87.7 cm³/mol. The SMILES string of the molecule is CCOC(=O)c1ccc(N)c(NC(C)CN(CC)CC)c1. The molecule has 0 aliphatic heterocycles. The number of nitrogens with two attached hydrogens (primary N) is 1. The van der Waals surface area contributed by atoms with Crippen LogP contribution >= 0.6 is 0 Å². The molecular weight excluding hydrogens is 266 g/mol. The number of nitrogens with one attached hydrogen (secondary N) is 1. The van der Waals surface area contributed by atoms with Crippen molar-refractivity contribution < 1.29 is 9.53 Å². The van der Waals surface area contributed by atoms with E-state index in [1.165, 1.54) is 0 Å². The third-order valence-electron chi connectivity index (χ3n) is 3.39. The summed E-state index contributed by atoms with van der Waals surface area (Å²) in [5.41, 5.74) is 7.91. The smallest absolute Gasteiger partial charge is 0.338 e. The van der Waals surface area contributed by atoms with Gasteiger partial charge in [-0.05, 0) is 45.1 Å². The molecule has 1 unspecified atom stereocenters. The monoisotopic (exact) mass is 293 g/mol. The molecule has 118 valence electrons. The lowest BCUT2D eigenvalue weighted by Crippen LogP contribution is -2.34. The number of anilines is 2. The van der Waals surface area contributed by atoms with E-state index in [0.29, 0.717) is 17.9 Å². The van der Waals surface area contributed by atoms with Gasteiger partial charge in [0.15, 0.2) is 0 Å². The van der Waals surface area contributed by atoms with Gasteiger partial charge in [0.1, 0.15) is 0 Å². The molecule has 5 heteroatoms. The second-order valence-corrected chi connectivity index (χ2v) is 5.05. The molecule has 5 nitrogen and oxygen atoms in total. The standard InChI is InChI=1S/C16H27N3O2/c1-5-19(6-2)11-12(4)18-15-10-13(8-9-14(15)17)16(20)21-7-3/h8-10,12,18H,5-7,11,17H2,1-4H3. The van der Waals surface area contributed by atoms with Crippen molar-refractivity contribution in [1.82, 2.24) is 4.90 Å². The minimum Gasteiger partial charge on any atom is -0.462 e. The van der Waals surface area contributed by atoms with Crippen molar-refractivity contribution in [3.8, 4) is 0 Å². The van der Waals surface area contributed by atoms with Gasteiger partial charge in [0.05, 0.1) is 23.5 Å². The number of nitrogens with zero attached hydrogens (tertiary/aromatic N) is 1. The van der Waals surface area contributed by atoms with Gasteiger partial charge in [-0.3, -0.25) is 0 Å². The molecule has 1 aromatic rings. The van der Waals surface area contributed by atoms with Crippen LogP contribution in [-0.4, -0.2) is 43.2 Å². The summed E-state index contributed by atoms with van der Waals surface area (Å²) < 4.78 is 5.01. The Morgan fingerprint density at radius 1 is 1.33 bits per heavy atom. The number of esters is 1. The molecule has 0 amide bonds. The lowest BCUT2D eigenvalue weighted by Gasteiger charge is -2.24. The van der Waals surface area contributed by atoms with Crippen LogP contribution in [-0.2, 0) is 4.74 Å². The zero-order valence-electron chi connectivity index (χ0n) is 13.5. The number of ether oxygens (including phenoxy) is 1. The molecule has 0 aliphatic carbocycles. The van der Waals surface area contributed by atoms with Crippen LogP contribution in [0.4, 0.5) is 11.4 Å². The van der Waals surface area contributed by atoms with Gasteiger partial charge >= 0.3 is 5.97 Å². The molecule has 0 aromatic heterocycles. The van der Waals surface area contributed by atoms with Gasteiger partial charge in [-0.15, -0.1) is 0 Å². The Bertz CT molecular complexity index is 459. The average Bonchev–Trinajstić information content (AvgIpc) is 2.47. The Labute approximate surface area is 127 Å². The fourth-order valence-corrected chi connectivity index (χ4v) is 2.20. The first kappa shape index (κ1) is 17.3. The summed E-state index contributed by atoms with van der Waals surface area (Å²) in [4.78, 5) is 14.1. The van der Waals surface area contributed by atoms with Crippen molar-refractivity contribution in [3.05, 3.63) is 23.8 Å². The minimum absolute atomic E-state index is 0.240. The number of rotatable bonds is 8. The van der Waals surface area contributed by atoms with E-state index in [1.807, 2.05) is 0 Å². The van der Waals surface area contributed by atoms with Crippen LogP contribution in [0.1, 0.15) is 38.1 Å². The van der Waals surface area contributed by atoms with E-state index in [4.69, 9.17) is 10.5 Å². The van der Waals surface area contributed by atoms with Crippen LogP contribution in [0.2, 0.25) is 0 Å². The Morgan fingerprint density at radius 3 is 2.57 bits per heavy atom. The Kier molecular flexibility index (Phi) is 7.02. The van der Waals surface area contributed by atoms with E-state index in [9.17, 15) is 4.79 Å². The molecule has 0 saturated carbocycles. The van der Waals surface area contributed by atoms with E-state index in [-0.39, 0.29) is 12.0 Å². The van der Waals surface area contributed by atoms with Crippen molar-refractivity contribution in [2.45, 2.75) is 33.7 Å². The molecule has 0 aliphatic rings. The van der Waals surface area contributed by atoms with E-state index >= 15 is 0 Å². The molecule has 0 heterocycles. The Balaban J connectivity index is 2.77. The van der Waals surface area contributed by atoms with Crippen LogP contribution in [0.5, 0.6) is 0 Å². The van der Waals surface area contributed by atoms with Crippen molar-refractivity contribution in [2.75, 3.05) is 37.3 Å². The second-order valence-electron chi connectivity index (χ2n) is 5.05. The number of benzene rings is 1. The first-order chi connectivity index (χ1) is 10.0. The Morgan fingerprint density at radius 2 is 2.00 bits per heavy atom. The second kappa shape index (κ2) is 8.52. The fourth-order valence-electron chi connectivity index (χ4n) is 2.20. The van der Waals surface area contributed by atoms with E-state index in [2.05, 4.69) is 31.0 Å². The first-order valence-electron chi connectivity index (χ1n) is 7.57. The number of hydrogen-bond donors (Lipinski definition) is 2. The molecule has 1 rings (SSSR count). The van der Waals surface area contributed by atoms with Gasteiger partial charge in [-0.2, -0.15) is 0 Å². The molecular formula is C16H27N3O2. The van der Waals surface area contributed by atoms with Gasteiger partial charge in [-0.1, -0.05) is 13.8 Å². The zero-order valence-corrected chi connectivity index (χ0v) is 13.5.